The molecule has 4 heteroatoms. The van der Waals surface area contributed by atoms with Gasteiger partial charge >= 0.3 is 0 Å². The summed E-state index contributed by atoms with van der Waals surface area (Å²) in [7, 11) is 0. The van der Waals surface area contributed by atoms with Crippen molar-refractivity contribution in [1.82, 2.24) is 10.2 Å². The van der Waals surface area contributed by atoms with Crippen LogP contribution in [0, 0.1) is 5.41 Å². The lowest BCUT2D eigenvalue weighted by molar-refractivity contribution is -0.146. The van der Waals surface area contributed by atoms with Crippen molar-refractivity contribution in [3.8, 4) is 0 Å². The van der Waals surface area contributed by atoms with Crippen LogP contribution in [0.25, 0.3) is 0 Å². The third kappa shape index (κ3) is 3.53. The molecule has 0 aromatic heterocycles. The Bertz CT molecular complexity index is 300. The van der Waals surface area contributed by atoms with E-state index in [2.05, 4.69) is 17.1 Å². The van der Waals surface area contributed by atoms with Crippen molar-refractivity contribution < 1.29 is 9.53 Å². The summed E-state index contributed by atoms with van der Waals surface area (Å²) in [4.78, 5) is 15.1. The van der Waals surface area contributed by atoms with Crippen molar-refractivity contribution in [2.75, 3.05) is 32.8 Å². The molecule has 0 bridgehead atoms. The fourth-order valence-electron chi connectivity index (χ4n) is 3.75. The number of hydrogen-bond acceptors (Lipinski definition) is 3. The average molecular weight is 282 g/mol. The summed E-state index contributed by atoms with van der Waals surface area (Å²) >= 11 is 0. The highest BCUT2D eigenvalue weighted by molar-refractivity contribution is 5.83. The Labute approximate surface area is 123 Å². The van der Waals surface area contributed by atoms with Gasteiger partial charge in [-0.2, -0.15) is 0 Å². The van der Waals surface area contributed by atoms with Crippen LogP contribution in [0.2, 0.25) is 0 Å². The molecule has 0 aromatic rings. The molecule has 2 fully saturated rings. The first-order chi connectivity index (χ1) is 9.72. The standard InChI is InChI=1S/C16H30N2O2/c1-3-8-16(9-5-10-17-13-16)15(19)18-11-6-14(7-12-18)20-4-2/h14,17H,3-13H2,1-2H3. The predicted octanol–water partition coefficient (Wildman–Crippen LogP) is 2.18. The fraction of sp³-hybridized carbons (Fsp3) is 0.938. The summed E-state index contributed by atoms with van der Waals surface area (Å²) in [6.45, 7) is 8.68. The maximum absolute atomic E-state index is 13.0. The quantitative estimate of drug-likeness (QED) is 0.840. The molecule has 0 saturated carbocycles. The molecule has 116 valence electrons. The lowest BCUT2D eigenvalue weighted by Gasteiger charge is -2.42. The Balaban J connectivity index is 1.95. The van der Waals surface area contributed by atoms with E-state index in [-0.39, 0.29) is 5.41 Å². The lowest BCUT2D eigenvalue weighted by Crippen LogP contribution is -2.54. The number of hydrogen-bond donors (Lipinski definition) is 1. The van der Waals surface area contributed by atoms with Crippen LogP contribution in [0.5, 0.6) is 0 Å². The highest BCUT2D eigenvalue weighted by atomic mass is 16.5. The predicted molar refractivity (Wildman–Crippen MR) is 80.7 cm³/mol. The molecule has 0 aliphatic carbocycles. The van der Waals surface area contributed by atoms with E-state index in [1.165, 1.54) is 0 Å². The summed E-state index contributed by atoms with van der Waals surface area (Å²) in [5, 5.41) is 3.44. The molecule has 1 N–H and O–H groups in total. The van der Waals surface area contributed by atoms with Gasteiger partial charge in [0.25, 0.3) is 0 Å². The first-order valence-corrected chi connectivity index (χ1v) is 8.33. The maximum Gasteiger partial charge on any atom is 0.230 e. The molecule has 2 aliphatic heterocycles. The van der Waals surface area contributed by atoms with E-state index < -0.39 is 0 Å². The van der Waals surface area contributed by atoms with Crippen LogP contribution in [-0.4, -0.2) is 49.7 Å². The molecular weight excluding hydrogens is 252 g/mol. The maximum atomic E-state index is 13.0. The summed E-state index contributed by atoms with van der Waals surface area (Å²) in [5.41, 5.74) is -0.133. The Kier molecular flexibility index (Phi) is 5.85. The zero-order chi connectivity index (χ0) is 14.4. The van der Waals surface area contributed by atoms with Crippen LogP contribution in [0.15, 0.2) is 0 Å². The summed E-state index contributed by atoms with van der Waals surface area (Å²) in [6.07, 6.45) is 6.63. The molecule has 2 saturated heterocycles. The van der Waals surface area contributed by atoms with Crippen LogP contribution in [0.1, 0.15) is 52.4 Å². The largest absolute Gasteiger partial charge is 0.378 e. The zero-order valence-corrected chi connectivity index (χ0v) is 13.1. The Morgan fingerprint density at radius 2 is 2.10 bits per heavy atom. The van der Waals surface area contributed by atoms with Crippen molar-refractivity contribution in [2.45, 2.75) is 58.5 Å². The summed E-state index contributed by atoms with van der Waals surface area (Å²) in [5.74, 6) is 0.390. The molecule has 0 aromatic carbocycles. The minimum Gasteiger partial charge on any atom is -0.378 e. The van der Waals surface area contributed by atoms with E-state index in [1.54, 1.807) is 0 Å². The number of rotatable bonds is 5. The van der Waals surface area contributed by atoms with Gasteiger partial charge in [-0.15, -0.1) is 0 Å². The van der Waals surface area contributed by atoms with Crippen LogP contribution >= 0.6 is 0 Å². The number of ether oxygens (including phenoxy) is 1. The normalized spacial score (nSPS) is 28.6. The molecular formula is C16H30N2O2. The number of carbonyl (C=O) groups excluding carboxylic acids is 1. The third-order valence-corrected chi connectivity index (χ3v) is 4.79. The molecule has 0 spiro atoms. The van der Waals surface area contributed by atoms with Gasteiger partial charge in [0.1, 0.15) is 0 Å². The van der Waals surface area contributed by atoms with Gasteiger partial charge in [-0.3, -0.25) is 4.79 Å². The van der Waals surface area contributed by atoms with E-state index in [4.69, 9.17) is 4.74 Å². The third-order valence-electron chi connectivity index (χ3n) is 4.79. The Morgan fingerprint density at radius 1 is 1.35 bits per heavy atom. The molecule has 1 amide bonds. The second-order valence-corrected chi connectivity index (χ2v) is 6.26. The highest BCUT2D eigenvalue weighted by Crippen LogP contribution is 2.34. The SMILES string of the molecule is CCCC1(C(=O)N2CCC(OCC)CC2)CCCNC1. The van der Waals surface area contributed by atoms with E-state index >= 15 is 0 Å². The number of amides is 1. The van der Waals surface area contributed by atoms with Gasteiger partial charge in [0, 0.05) is 26.2 Å². The van der Waals surface area contributed by atoms with E-state index in [9.17, 15) is 4.79 Å². The van der Waals surface area contributed by atoms with Crippen molar-refractivity contribution in [3.05, 3.63) is 0 Å². The number of nitrogens with one attached hydrogen (secondary N) is 1. The van der Waals surface area contributed by atoms with Crippen molar-refractivity contribution in [3.63, 3.8) is 0 Å². The van der Waals surface area contributed by atoms with E-state index in [1.807, 2.05) is 6.92 Å². The minimum absolute atomic E-state index is 0.133. The molecule has 0 radical (unpaired) electrons. The second kappa shape index (κ2) is 7.41. The van der Waals surface area contributed by atoms with Crippen molar-refractivity contribution >= 4 is 5.91 Å². The first kappa shape index (κ1) is 15.8. The van der Waals surface area contributed by atoms with Crippen LogP contribution in [-0.2, 0) is 9.53 Å². The van der Waals surface area contributed by atoms with Gasteiger partial charge in [0.05, 0.1) is 11.5 Å². The topological polar surface area (TPSA) is 41.6 Å². The first-order valence-electron chi connectivity index (χ1n) is 8.33. The number of carbonyl (C=O) groups is 1. The average Bonchev–Trinajstić information content (AvgIpc) is 2.49. The number of likely N-dealkylation sites (tertiary alicyclic amines) is 1. The number of piperidine rings is 2. The minimum atomic E-state index is -0.133. The fourth-order valence-corrected chi connectivity index (χ4v) is 3.75. The van der Waals surface area contributed by atoms with Crippen LogP contribution in [0.4, 0.5) is 0 Å². The van der Waals surface area contributed by atoms with Gasteiger partial charge in [-0.1, -0.05) is 13.3 Å². The van der Waals surface area contributed by atoms with Gasteiger partial charge < -0.3 is 15.0 Å². The van der Waals surface area contributed by atoms with E-state index in [0.717, 1.165) is 71.3 Å². The molecule has 1 atom stereocenters. The van der Waals surface area contributed by atoms with E-state index in [0.29, 0.717) is 12.0 Å². The Morgan fingerprint density at radius 3 is 2.65 bits per heavy atom. The molecule has 20 heavy (non-hydrogen) atoms. The second-order valence-electron chi connectivity index (χ2n) is 6.26. The summed E-state index contributed by atoms with van der Waals surface area (Å²) < 4.78 is 5.68. The van der Waals surface area contributed by atoms with Crippen molar-refractivity contribution in [2.24, 2.45) is 5.41 Å². The van der Waals surface area contributed by atoms with Gasteiger partial charge in [0.15, 0.2) is 0 Å². The lowest BCUT2D eigenvalue weighted by atomic mass is 9.75. The van der Waals surface area contributed by atoms with Crippen LogP contribution < -0.4 is 5.32 Å². The van der Waals surface area contributed by atoms with Crippen LogP contribution in [0.3, 0.4) is 0 Å². The van der Waals surface area contributed by atoms with Gasteiger partial charge in [-0.05, 0) is 45.6 Å². The molecule has 2 heterocycles. The molecule has 4 nitrogen and oxygen atoms in total. The molecule has 2 aliphatic rings. The molecule has 1 unspecified atom stereocenters. The highest BCUT2D eigenvalue weighted by Gasteiger charge is 2.42. The number of nitrogens with zero attached hydrogens (tertiary/aromatic N) is 1. The van der Waals surface area contributed by atoms with Gasteiger partial charge in [0.2, 0.25) is 5.91 Å². The van der Waals surface area contributed by atoms with Crippen molar-refractivity contribution in [1.29, 1.82) is 0 Å². The smallest absolute Gasteiger partial charge is 0.230 e. The monoisotopic (exact) mass is 282 g/mol. The Hall–Kier alpha value is -0.610. The zero-order valence-electron chi connectivity index (χ0n) is 13.1. The summed E-state index contributed by atoms with van der Waals surface area (Å²) in [6, 6.07) is 0. The molecule has 2 rings (SSSR count). The van der Waals surface area contributed by atoms with Gasteiger partial charge in [-0.25, -0.2) is 0 Å².